The van der Waals surface area contributed by atoms with Crippen molar-refractivity contribution in [2.75, 3.05) is 19.6 Å². The van der Waals surface area contributed by atoms with Gasteiger partial charge in [-0.2, -0.15) is 0 Å². The molecule has 2 fully saturated rings. The molecule has 1 aromatic heterocycles. The number of nitrogens with one attached hydrogen (secondary N) is 1. The summed E-state index contributed by atoms with van der Waals surface area (Å²) in [6, 6.07) is 5.63. The molecule has 1 atom stereocenters. The van der Waals surface area contributed by atoms with Gasteiger partial charge in [-0.25, -0.2) is 4.39 Å². The number of rotatable bonds is 3. The van der Waals surface area contributed by atoms with Crippen LogP contribution in [0.1, 0.15) is 37.8 Å². The van der Waals surface area contributed by atoms with Crippen LogP contribution in [0.5, 0.6) is 0 Å². The molecule has 2 aromatic rings. The fourth-order valence-corrected chi connectivity index (χ4v) is 4.20. The fourth-order valence-electron chi connectivity index (χ4n) is 4.20. The van der Waals surface area contributed by atoms with Gasteiger partial charge in [0.2, 0.25) is 5.91 Å². The molecule has 0 aliphatic carbocycles. The molecular weight excluding hydrogens is 333 g/mol. The molecule has 138 valence electrons. The second kappa shape index (κ2) is 7.19. The van der Waals surface area contributed by atoms with Crippen molar-refractivity contribution in [1.29, 1.82) is 0 Å². The number of fused-ring (bicyclic) bond motifs is 1. The zero-order valence-corrected chi connectivity index (χ0v) is 14.8. The first-order valence-corrected chi connectivity index (χ1v) is 9.46. The first-order valence-electron chi connectivity index (χ1n) is 9.46. The van der Waals surface area contributed by atoms with Gasteiger partial charge in [-0.05, 0) is 56.8 Å². The molecule has 1 amide bonds. The van der Waals surface area contributed by atoms with E-state index in [0.717, 1.165) is 51.0 Å². The van der Waals surface area contributed by atoms with Gasteiger partial charge < -0.3 is 9.88 Å². The van der Waals surface area contributed by atoms with Crippen LogP contribution >= 0.6 is 0 Å². The molecule has 2 aliphatic heterocycles. The van der Waals surface area contributed by atoms with Gasteiger partial charge >= 0.3 is 0 Å². The molecule has 2 saturated heterocycles. The van der Waals surface area contributed by atoms with E-state index in [1.165, 1.54) is 24.6 Å². The molecule has 1 aromatic carbocycles. The van der Waals surface area contributed by atoms with Crippen molar-refractivity contribution in [3.05, 3.63) is 46.0 Å². The maximum atomic E-state index is 13.4. The number of halogens is 1. The van der Waals surface area contributed by atoms with Crippen LogP contribution in [-0.2, 0) is 11.3 Å². The predicted molar refractivity (Wildman–Crippen MR) is 98.4 cm³/mol. The number of amides is 1. The van der Waals surface area contributed by atoms with Crippen LogP contribution in [-0.4, -0.2) is 46.4 Å². The number of pyridine rings is 1. The molecule has 0 radical (unpaired) electrons. The van der Waals surface area contributed by atoms with E-state index in [9.17, 15) is 14.0 Å². The van der Waals surface area contributed by atoms with Crippen LogP contribution in [0.15, 0.2) is 29.1 Å². The summed E-state index contributed by atoms with van der Waals surface area (Å²) >= 11 is 0. The first kappa shape index (κ1) is 17.2. The Balaban J connectivity index is 1.54. The van der Waals surface area contributed by atoms with E-state index in [1.54, 1.807) is 6.07 Å². The standard InChI is InChI=1S/C20H24FN3O2/c21-14-6-7-17-16(11-14)19(25)12-15(22-17)13-24-10-4-5-18(24)20(26)23-8-2-1-3-9-23/h6-7,11-12,18H,1-5,8-10,13H2,(H,22,25)/t18-/m0/s1. The first-order chi connectivity index (χ1) is 12.6. The van der Waals surface area contributed by atoms with Gasteiger partial charge in [-0.1, -0.05) is 0 Å². The smallest absolute Gasteiger partial charge is 0.239 e. The average molecular weight is 357 g/mol. The third-order valence-electron chi connectivity index (χ3n) is 5.54. The Hall–Kier alpha value is -2.21. The number of H-pyrrole nitrogens is 1. The zero-order valence-electron chi connectivity index (χ0n) is 14.8. The lowest BCUT2D eigenvalue weighted by molar-refractivity contribution is -0.137. The highest BCUT2D eigenvalue weighted by Gasteiger charge is 2.34. The Morgan fingerprint density at radius 1 is 1.12 bits per heavy atom. The van der Waals surface area contributed by atoms with Crippen molar-refractivity contribution in [3.8, 4) is 0 Å². The van der Waals surface area contributed by atoms with Gasteiger partial charge in [0, 0.05) is 42.3 Å². The lowest BCUT2D eigenvalue weighted by Crippen LogP contribution is -2.47. The van der Waals surface area contributed by atoms with Crippen LogP contribution in [0.3, 0.4) is 0 Å². The van der Waals surface area contributed by atoms with Crippen LogP contribution in [0.2, 0.25) is 0 Å². The number of benzene rings is 1. The third kappa shape index (κ3) is 3.38. The predicted octanol–water partition coefficient (Wildman–Crippen LogP) is 2.64. The maximum Gasteiger partial charge on any atom is 0.239 e. The summed E-state index contributed by atoms with van der Waals surface area (Å²) in [4.78, 5) is 32.6. The Bertz CT molecular complexity index is 873. The zero-order chi connectivity index (χ0) is 18.1. The molecule has 2 aliphatic rings. The molecule has 0 saturated carbocycles. The van der Waals surface area contributed by atoms with E-state index in [2.05, 4.69) is 9.88 Å². The van der Waals surface area contributed by atoms with E-state index >= 15 is 0 Å². The summed E-state index contributed by atoms with van der Waals surface area (Å²) in [5, 5.41) is 0.358. The summed E-state index contributed by atoms with van der Waals surface area (Å²) < 4.78 is 13.4. The number of nitrogens with zero attached hydrogens (tertiary/aromatic N) is 2. The molecule has 6 heteroatoms. The second-order valence-electron chi connectivity index (χ2n) is 7.36. The average Bonchev–Trinajstić information content (AvgIpc) is 3.10. The molecule has 0 unspecified atom stereocenters. The molecule has 0 spiro atoms. The maximum absolute atomic E-state index is 13.4. The summed E-state index contributed by atoms with van der Waals surface area (Å²) in [6.45, 7) is 3.11. The van der Waals surface area contributed by atoms with Crippen LogP contribution in [0.4, 0.5) is 4.39 Å². The van der Waals surface area contributed by atoms with E-state index in [-0.39, 0.29) is 17.4 Å². The molecular formula is C20H24FN3O2. The molecule has 3 heterocycles. The van der Waals surface area contributed by atoms with Crippen molar-refractivity contribution in [1.82, 2.24) is 14.8 Å². The normalized spacial score (nSPS) is 21.4. The number of hydrogen-bond donors (Lipinski definition) is 1. The van der Waals surface area contributed by atoms with Crippen molar-refractivity contribution in [3.63, 3.8) is 0 Å². The number of carbonyl (C=O) groups excluding carboxylic acids is 1. The number of aromatic nitrogens is 1. The Morgan fingerprint density at radius 2 is 1.92 bits per heavy atom. The number of aromatic amines is 1. The topological polar surface area (TPSA) is 56.4 Å². The van der Waals surface area contributed by atoms with Gasteiger partial charge in [-0.15, -0.1) is 0 Å². The van der Waals surface area contributed by atoms with E-state index in [1.807, 2.05) is 4.90 Å². The van der Waals surface area contributed by atoms with Crippen molar-refractivity contribution < 1.29 is 9.18 Å². The van der Waals surface area contributed by atoms with Crippen LogP contribution < -0.4 is 5.43 Å². The summed E-state index contributed by atoms with van der Waals surface area (Å²) in [6.07, 6.45) is 5.25. The monoisotopic (exact) mass is 357 g/mol. The Morgan fingerprint density at radius 3 is 2.73 bits per heavy atom. The fraction of sp³-hybridized carbons (Fsp3) is 0.500. The highest BCUT2D eigenvalue weighted by atomic mass is 19.1. The van der Waals surface area contributed by atoms with Crippen molar-refractivity contribution in [2.45, 2.75) is 44.7 Å². The SMILES string of the molecule is O=C([C@@H]1CCCN1Cc1cc(=O)c2cc(F)ccc2[nH]1)N1CCCCC1. The van der Waals surface area contributed by atoms with E-state index < -0.39 is 5.82 Å². The number of hydrogen-bond acceptors (Lipinski definition) is 3. The van der Waals surface area contributed by atoms with Gasteiger partial charge in [0.05, 0.1) is 6.04 Å². The summed E-state index contributed by atoms with van der Waals surface area (Å²) in [5.41, 5.74) is 1.21. The van der Waals surface area contributed by atoms with Crippen LogP contribution in [0, 0.1) is 5.82 Å². The molecule has 1 N–H and O–H groups in total. The van der Waals surface area contributed by atoms with E-state index in [4.69, 9.17) is 0 Å². The minimum Gasteiger partial charge on any atom is -0.357 e. The summed E-state index contributed by atoms with van der Waals surface area (Å²) in [7, 11) is 0. The largest absolute Gasteiger partial charge is 0.357 e. The lowest BCUT2D eigenvalue weighted by Gasteiger charge is -2.32. The number of carbonyl (C=O) groups is 1. The van der Waals surface area contributed by atoms with E-state index in [0.29, 0.717) is 17.4 Å². The minimum atomic E-state index is -0.414. The lowest BCUT2D eigenvalue weighted by atomic mass is 10.1. The Kier molecular flexibility index (Phi) is 4.76. The molecule has 26 heavy (non-hydrogen) atoms. The number of likely N-dealkylation sites (tertiary alicyclic amines) is 2. The Labute approximate surface area is 151 Å². The van der Waals surface area contributed by atoms with Crippen LogP contribution in [0.25, 0.3) is 10.9 Å². The highest BCUT2D eigenvalue weighted by molar-refractivity contribution is 5.82. The van der Waals surface area contributed by atoms with Crippen molar-refractivity contribution >= 4 is 16.8 Å². The highest BCUT2D eigenvalue weighted by Crippen LogP contribution is 2.23. The van der Waals surface area contributed by atoms with Crippen molar-refractivity contribution in [2.24, 2.45) is 0 Å². The summed E-state index contributed by atoms with van der Waals surface area (Å²) in [5.74, 6) is -0.185. The molecule has 4 rings (SSSR count). The van der Waals surface area contributed by atoms with Gasteiger partial charge in [0.1, 0.15) is 5.82 Å². The van der Waals surface area contributed by atoms with Gasteiger partial charge in [0.15, 0.2) is 5.43 Å². The minimum absolute atomic E-state index is 0.0967. The molecule has 0 bridgehead atoms. The number of piperidine rings is 1. The quantitative estimate of drug-likeness (QED) is 0.919. The van der Waals surface area contributed by atoms with Gasteiger partial charge in [0.25, 0.3) is 0 Å². The molecule has 5 nitrogen and oxygen atoms in total. The third-order valence-corrected chi connectivity index (χ3v) is 5.54. The van der Waals surface area contributed by atoms with Gasteiger partial charge in [-0.3, -0.25) is 14.5 Å². The second-order valence-corrected chi connectivity index (χ2v) is 7.36.